The van der Waals surface area contributed by atoms with Gasteiger partial charge in [-0.15, -0.1) is 0 Å². The molecule has 7 nitrogen and oxygen atoms in total. The van der Waals surface area contributed by atoms with E-state index >= 15 is 0 Å². The molecule has 1 aliphatic heterocycles. The van der Waals surface area contributed by atoms with E-state index in [0.29, 0.717) is 30.2 Å². The van der Waals surface area contributed by atoms with Crippen LogP contribution in [0.5, 0.6) is 11.5 Å². The first-order chi connectivity index (χ1) is 14.7. The number of halogens is 3. The number of hydrogen-bond acceptors (Lipinski definition) is 6. The molecule has 1 N–H and O–H groups in total. The molecule has 2 aromatic rings. The lowest BCUT2D eigenvalue weighted by Gasteiger charge is -2.29. The number of benzene rings is 1. The molecule has 0 unspecified atom stereocenters. The van der Waals surface area contributed by atoms with Crippen LogP contribution in [-0.4, -0.2) is 74.0 Å². The van der Waals surface area contributed by atoms with E-state index in [4.69, 9.17) is 9.47 Å². The van der Waals surface area contributed by atoms with Gasteiger partial charge in [0.2, 0.25) is 5.91 Å². The van der Waals surface area contributed by atoms with E-state index in [9.17, 15) is 18.0 Å². The van der Waals surface area contributed by atoms with Crippen molar-refractivity contribution >= 4 is 17.7 Å². The molecule has 168 valence electrons. The number of carbonyl (C=O) groups is 1. The van der Waals surface area contributed by atoms with Gasteiger partial charge in [0.25, 0.3) is 0 Å². The second kappa shape index (κ2) is 9.73. The summed E-state index contributed by atoms with van der Waals surface area (Å²) in [5, 5.41) is -0.104. The number of alkyl halides is 3. The Morgan fingerprint density at radius 3 is 2.42 bits per heavy atom. The molecule has 3 rings (SSSR count). The predicted octanol–water partition coefficient (Wildman–Crippen LogP) is 1.63. The molecule has 31 heavy (non-hydrogen) atoms. The molecule has 1 saturated heterocycles. The van der Waals surface area contributed by atoms with Crippen LogP contribution >= 0.6 is 11.8 Å². The Balaban J connectivity index is 1.85. The molecule has 0 spiro atoms. The van der Waals surface area contributed by atoms with E-state index in [1.54, 1.807) is 23.1 Å². The minimum absolute atomic E-state index is 0.0221. The topological polar surface area (TPSA) is 69.0 Å². The van der Waals surface area contributed by atoms with E-state index in [2.05, 4.69) is 17.0 Å². The molecular formula is C20H24F3N4O3S+. The monoisotopic (exact) mass is 457 g/mol. The van der Waals surface area contributed by atoms with Gasteiger partial charge in [-0.05, 0) is 24.3 Å². The number of carbonyl (C=O) groups excluding carboxylic acids is 1. The van der Waals surface area contributed by atoms with E-state index in [0.717, 1.165) is 30.9 Å². The summed E-state index contributed by atoms with van der Waals surface area (Å²) in [6, 6.07) is 5.62. The van der Waals surface area contributed by atoms with Gasteiger partial charge in [0.05, 0.1) is 58.9 Å². The SMILES string of the molecule is COc1ccc(-c2cc(C(F)(F)F)nc(SCC(=O)N3CC[NH+](C)CC3)n2)cc1OC. The van der Waals surface area contributed by atoms with Crippen molar-refractivity contribution in [3.8, 4) is 22.8 Å². The quantitative estimate of drug-likeness (QED) is 0.526. The van der Waals surface area contributed by atoms with Crippen molar-refractivity contribution in [3.63, 3.8) is 0 Å². The molecule has 1 aromatic carbocycles. The minimum atomic E-state index is -4.65. The normalized spacial score (nSPS) is 15.1. The van der Waals surface area contributed by atoms with Crippen molar-refractivity contribution in [2.75, 3.05) is 53.2 Å². The molecule has 1 aromatic heterocycles. The first-order valence-electron chi connectivity index (χ1n) is 9.62. The Bertz CT molecular complexity index is 934. The maximum Gasteiger partial charge on any atom is 0.433 e. The minimum Gasteiger partial charge on any atom is -0.493 e. The number of ether oxygens (including phenoxy) is 2. The van der Waals surface area contributed by atoms with Gasteiger partial charge in [-0.3, -0.25) is 4.79 Å². The zero-order valence-corrected chi connectivity index (χ0v) is 18.3. The first kappa shape index (κ1) is 23.1. The van der Waals surface area contributed by atoms with E-state index in [-0.39, 0.29) is 22.5 Å². The van der Waals surface area contributed by atoms with Crippen molar-refractivity contribution in [2.45, 2.75) is 11.3 Å². The number of thioether (sulfide) groups is 1. The van der Waals surface area contributed by atoms with Crippen LogP contribution < -0.4 is 14.4 Å². The summed E-state index contributed by atoms with van der Waals surface area (Å²) in [5.74, 6) is 0.664. The van der Waals surface area contributed by atoms with Crippen molar-refractivity contribution in [3.05, 3.63) is 30.0 Å². The van der Waals surface area contributed by atoms with Gasteiger partial charge in [0, 0.05) is 5.56 Å². The number of rotatable bonds is 6. The van der Waals surface area contributed by atoms with Crippen LogP contribution in [0.2, 0.25) is 0 Å². The Morgan fingerprint density at radius 1 is 1.13 bits per heavy atom. The van der Waals surface area contributed by atoms with Crippen molar-refractivity contribution < 1.29 is 32.3 Å². The number of nitrogens with one attached hydrogen (secondary N) is 1. The summed E-state index contributed by atoms with van der Waals surface area (Å²) >= 11 is 0.904. The van der Waals surface area contributed by atoms with E-state index < -0.39 is 11.9 Å². The number of hydrogen-bond donors (Lipinski definition) is 1. The molecule has 2 heterocycles. The van der Waals surface area contributed by atoms with E-state index in [1.807, 2.05) is 0 Å². The molecule has 0 bridgehead atoms. The summed E-state index contributed by atoms with van der Waals surface area (Å²) < 4.78 is 50.7. The molecular weight excluding hydrogens is 433 g/mol. The number of quaternary nitrogens is 1. The fourth-order valence-corrected chi connectivity index (χ4v) is 3.89. The maximum atomic E-state index is 13.4. The average molecular weight is 457 g/mol. The highest BCUT2D eigenvalue weighted by Gasteiger charge is 2.34. The Hall–Kier alpha value is -2.53. The van der Waals surface area contributed by atoms with Gasteiger partial charge in [-0.1, -0.05) is 11.8 Å². The van der Waals surface area contributed by atoms with Crippen LogP contribution in [0.3, 0.4) is 0 Å². The third-order valence-corrected chi connectivity index (χ3v) is 5.80. The maximum absolute atomic E-state index is 13.4. The summed E-state index contributed by atoms with van der Waals surface area (Å²) in [6.07, 6.45) is -4.65. The highest BCUT2D eigenvalue weighted by atomic mass is 32.2. The fraction of sp³-hybridized carbons (Fsp3) is 0.450. The lowest BCUT2D eigenvalue weighted by atomic mass is 10.1. The Morgan fingerprint density at radius 2 is 1.81 bits per heavy atom. The third-order valence-electron chi connectivity index (χ3n) is 4.97. The number of methoxy groups -OCH3 is 2. The molecule has 1 fully saturated rings. The van der Waals surface area contributed by atoms with Crippen LogP contribution in [0.25, 0.3) is 11.3 Å². The summed E-state index contributed by atoms with van der Waals surface area (Å²) in [6.45, 7) is 2.96. The van der Waals surface area contributed by atoms with Crippen LogP contribution in [0.1, 0.15) is 5.69 Å². The molecule has 0 radical (unpaired) electrons. The van der Waals surface area contributed by atoms with Crippen LogP contribution in [0.15, 0.2) is 29.4 Å². The predicted molar refractivity (Wildman–Crippen MR) is 109 cm³/mol. The molecule has 11 heteroatoms. The van der Waals surface area contributed by atoms with Gasteiger partial charge in [-0.2, -0.15) is 13.2 Å². The zero-order chi connectivity index (χ0) is 22.6. The molecule has 1 aliphatic rings. The molecule has 0 saturated carbocycles. The lowest BCUT2D eigenvalue weighted by molar-refractivity contribution is -0.883. The van der Waals surface area contributed by atoms with Crippen LogP contribution in [-0.2, 0) is 11.0 Å². The number of piperazine rings is 1. The summed E-state index contributed by atoms with van der Waals surface area (Å²) in [4.78, 5) is 23.4. The smallest absolute Gasteiger partial charge is 0.433 e. The fourth-order valence-electron chi connectivity index (χ4n) is 3.13. The van der Waals surface area contributed by atoms with Gasteiger partial charge in [0.15, 0.2) is 16.7 Å². The number of amides is 1. The van der Waals surface area contributed by atoms with E-state index in [1.165, 1.54) is 19.1 Å². The first-order valence-corrected chi connectivity index (χ1v) is 10.6. The largest absolute Gasteiger partial charge is 0.493 e. The highest BCUT2D eigenvalue weighted by Crippen LogP contribution is 2.35. The standard InChI is InChI=1S/C20H23F3N4O3S/c1-26-6-8-27(9-7-26)18(28)12-31-19-24-14(11-17(25-19)20(21,22)23)13-4-5-15(29-2)16(10-13)30-3/h4-5,10-11H,6-9,12H2,1-3H3/p+1. The Labute approximate surface area is 182 Å². The average Bonchev–Trinajstić information content (AvgIpc) is 2.76. The second-order valence-electron chi connectivity index (χ2n) is 7.12. The number of likely N-dealkylation sites (N-methyl/N-ethyl adjacent to an activating group) is 1. The summed E-state index contributed by atoms with van der Waals surface area (Å²) in [5.41, 5.74) is -0.562. The molecule has 0 atom stereocenters. The van der Waals surface area contributed by atoms with Gasteiger partial charge in [-0.25, -0.2) is 9.97 Å². The highest BCUT2D eigenvalue weighted by molar-refractivity contribution is 7.99. The van der Waals surface area contributed by atoms with Gasteiger partial charge in [0.1, 0.15) is 5.69 Å². The van der Waals surface area contributed by atoms with Crippen molar-refractivity contribution in [1.82, 2.24) is 14.9 Å². The third kappa shape index (κ3) is 5.79. The second-order valence-corrected chi connectivity index (χ2v) is 8.06. The molecule has 0 aliphatic carbocycles. The number of nitrogens with zero attached hydrogens (tertiary/aromatic N) is 3. The van der Waals surface area contributed by atoms with Crippen molar-refractivity contribution in [1.29, 1.82) is 0 Å². The molecule has 1 amide bonds. The van der Waals surface area contributed by atoms with Crippen LogP contribution in [0.4, 0.5) is 13.2 Å². The van der Waals surface area contributed by atoms with Gasteiger partial charge >= 0.3 is 6.18 Å². The number of aromatic nitrogens is 2. The van der Waals surface area contributed by atoms with Crippen molar-refractivity contribution in [2.24, 2.45) is 0 Å². The van der Waals surface area contributed by atoms with Crippen LogP contribution in [0, 0.1) is 0 Å². The Kier molecular flexibility index (Phi) is 7.26. The zero-order valence-electron chi connectivity index (χ0n) is 17.5. The van der Waals surface area contributed by atoms with Gasteiger partial charge < -0.3 is 19.3 Å². The lowest BCUT2D eigenvalue weighted by Crippen LogP contribution is -3.12. The summed E-state index contributed by atoms with van der Waals surface area (Å²) in [7, 11) is 4.97.